The molecule has 0 amide bonds. The number of carbonyl (C=O) groups excluding carboxylic acids is 1. The minimum absolute atomic E-state index is 0. The van der Waals surface area contributed by atoms with Crippen LogP contribution in [0.4, 0.5) is 5.69 Å². The Hall–Kier alpha value is -6.99. The van der Waals surface area contributed by atoms with Gasteiger partial charge in [-0.3, -0.25) is 0 Å². The van der Waals surface area contributed by atoms with E-state index >= 15 is 0 Å². The first kappa shape index (κ1) is 54.8. The van der Waals surface area contributed by atoms with E-state index in [1.807, 2.05) is 36.4 Å². The Balaban J connectivity index is 0.00000800. The van der Waals surface area contributed by atoms with E-state index < -0.39 is 0 Å². The first-order valence-electron chi connectivity index (χ1n) is 25.4. The largest absolute Gasteiger partial charge is 2.00 e. The van der Waals surface area contributed by atoms with E-state index in [4.69, 9.17) is 31.1 Å². The van der Waals surface area contributed by atoms with Gasteiger partial charge in [-0.15, -0.1) is 28.5 Å². The standard InChI is InChI=1S/C66H69N5O2.Zn/c1-17-50-52-25-29-56(67-52)60(43-35-45(63(5,6)7)39-46(36-43)64(8,9)10)58-31-27-54(69-58)51(24-21-42-19-22-49(23-20-42)71(18-2)33-34-73-62(72)41(3)4)55-28-32-59(70-55)61(57-30-26-53(50)68-57)44-37-47(65(11,12)13)40-48(38-44)66(14,15)16;/h1,19-20,22-23,25-32,35-40H,3,18,33-34H2,2,4-16H3;/q-2;+2. The van der Waals surface area contributed by atoms with Crippen LogP contribution in [0.2, 0.25) is 0 Å². The Kier molecular flexibility index (Phi) is 15.6. The van der Waals surface area contributed by atoms with Gasteiger partial charge in [0.05, 0.1) is 29.3 Å². The van der Waals surface area contributed by atoms with E-state index in [-0.39, 0.29) is 53.7 Å². The van der Waals surface area contributed by atoms with Crippen molar-refractivity contribution in [2.75, 3.05) is 24.6 Å². The van der Waals surface area contributed by atoms with Crippen molar-refractivity contribution in [3.63, 3.8) is 0 Å². The Morgan fingerprint density at radius 3 is 1.41 bits per heavy atom. The number of ether oxygens (including phenoxy) is 1. The normalized spacial score (nSPS) is 12.4. The molecular formula is C66H69N5O2Zn. The molecule has 0 radical (unpaired) electrons. The van der Waals surface area contributed by atoms with Gasteiger partial charge in [-0.1, -0.05) is 168 Å². The van der Waals surface area contributed by atoms with Crippen molar-refractivity contribution in [2.24, 2.45) is 0 Å². The van der Waals surface area contributed by atoms with Crippen molar-refractivity contribution in [3.05, 3.63) is 159 Å². The number of likely N-dealkylation sites (N-methyl/N-ethyl adjacent to an activating group) is 1. The maximum Gasteiger partial charge on any atom is 2.00 e. The third kappa shape index (κ3) is 11.8. The molecule has 5 heterocycles. The van der Waals surface area contributed by atoms with E-state index in [0.717, 1.165) is 62.5 Å². The molecule has 74 heavy (non-hydrogen) atoms. The van der Waals surface area contributed by atoms with Crippen molar-refractivity contribution in [3.8, 4) is 46.4 Å². The van der Waals surface area contributed by atoms with Crippen LogP contribution in [0.25, 0.3) is 68.6 Å². The maximum absolute atomic E-state index is 12.1. The van der Waals surface area contributed by atoms with E-state index in [0.29, 0.717) is 45.7 Å². The zero-order chi connectivity index (χ0) is 52.8. The van der Waals surface area contributed by atoms with Gasteiger partial charge in [0.25, 0.3) is 0 Å². The summed E-state index contributed by atoms with van der Waals surface area (Å²) >= 11 is 0. The van der Waals surface area contributed by atoms with Crippen molar-refractivity contribution in [1.82, 2.24) is 19.9 Å². The number of hydrogen-bond donors (Lipinski definition) is 0. The van der Waals surface area contributed by atoms with Crippen molar-refractivity contribution < 1.29 is 29.0 Å². The van der Waals surface area contributed by atoms with Crippen LogP contribution < -0.4 is 14.9 Å². The molecule has 8 bridgehead atoms. The smallest absolute Gasteiger partial charge is 0.656 e. The average molecular weight is 1030 g/mol. The second-order valence-electron chi connectivity index (χ2n) is 23.4. The number of terminal acetylenes is 1. The monoisotopic (exact) mass is 1030 g/mol. The molecule has 2 aliphatic heterocycles. The molecule has 8 rings (SSSR count). The summed E-state index contributed by atoms with van der Waals surface area (Å²) in [4.78, 5) is 35.9. The number of fused-ring (bicyclic) bond motifs is 8. The fourth-order valence-corrected chi connectivity index (χ4v) is 8.96. The number of nitrogens with zero attached hydrogens (tertiary/aromatic N) is 5. The molecule has 0 saturated heterocycles. The second kappa shape index (κ2) is 21.1. The van der Waals surface area contributed by atoms with E-state index in [1.165, 1.54) is 22.3 Å². The van der Waals surface area contributed by atoms with Gasteiger partial charge in [-0.25, -0.2) is 14.8 Å². The number of esters is 1. The second-order valence-corrected chi connectivity index (χ2v) is 23.4. The molecule has 0 unspecified atom stereocenters. The van der Waals surface area contributed by atoms with Crippen LogP contribution in [-0.2, 0) is 50.7 Å². The van der Waals surface area contributed by atoms with Gasteiger partial charge in [-0.05, 0) is 129 Å². The summed E-state index contributed by atoms with van der Waals surface area (Å²) in [5.74, 6) is 9.67. The number of benzene rings is 3. The minimum atomic E-state index is -0.385. The summed E-state index contributed by atoms with van der Waals surface area (Å²) in [5, 5.41) is 0. The molecule has 3 aromatic carbocycles. The molecule has 372 valence electrons. The summed E-state index contributed by atoms with van der Waals surface area (Å²) in [6, 6.07) is 30.1. The molecule has 0 fully saturated rings. The molecule has 7 nitrogen and oxygen atoms in total. The van der Waals surface area contributed by atoms with Crippen molar-refractivity contribution >= 4 is 58.0 Å². The number of anilines is 1. The molecule has 0 atom stereocenters. The quantitative estimate of drug-likeness (QED) is 0.0649. The van der Waals surface area contributed by atoms with Crippen LogP contribution in [0.1, 0.15) is 159 Å². The number of rotatable bonds is 8. The first-order valence-corrected chi connectivity index (χ1v) is 25.4. The molecule has 0 spiro atoms. The molecule has 0 aliphatic carbocycles. The van der Waals surface area contributed by atoms with Crippen molar-refractivity contribution in [2.45, 2.75) is 119 Å². The zero-order valence-electron chi connectivity index (χ0n) is 46.1. The SMILES string of the molecule is C#Cc1c2nc(c(-c3cc(C(C)(C)C)cc(C(C)(C)C)c3)c3ccc([n-]3)c(C#Cc3ccc(N(CC)CCOC(=O)C(=C)C)cc3)c3nc(c(-c4cc(C(C)(C)C)cc(C(C)(C)C)c4)c4ccc1[n-]4)C=C3)C=C2.[Zn+2]. The molecule has 8 heteroatoms. The van der Waals surface area contributed by atoms with Gasteiger partial charge in [0.2, 0.25) is 0 Å². The third-order valence-corrected chi connectivity index (χ3v) is 13.5. The first-order chi connectivity index (χ1) is 34.3. The number of aromatic nitrogens is 4. The van der Waals surface area contributed by atoms with Crippen LogP contribution >= 0.6 is 0 Å². The molecule has 0 N–H and O–H groups in total. The van der Waals surface area contributed by atoms with E-state index in [1.54, 1.807) is 6.92 Å². The third-order valence-electron chi connectivity index (χ3n) is 13.5. The number of carbonyl (C=O) groups is 1. The summed E-state index contributed by atoms with van der Waals surface area (Å²) in [7, 11) is 0. The van der Waals surface area contributed by atoms with Crippen LogP contribution in [-0.4, -0.2) is 35.6 Å². The molecule has 6 aromatic rings. The Morgan fingerprint density at radius 1 is 0.595 bits per heavy atom. The fraction of sp³-hybridized carbons (Fsp3) is 0.318. The summed E-state index contributed by atoms with van der Waals surface area (Å²) in [6.07, 6.45) is 14.6. The summed E-state index contributed by atoms with van der Waals surface area (Å²) in [5.41, 5.74) is 17.5. The van der Waals surface area contributed by atoms with Gasteiger partial charge < -0.3 is 19.6 Å². The van der Waals surface area contributed by atoms with Crippen LogP contribution in [0.15, 0.2) is 97.1 Å². The Morgan fingerprint density at radius 2 is 1.00 bits per heavy atom. The van der Waals surface area contributed by atoms with Crippen LogP contribution in [0.3, 0.4) is 0 Å². The predicted molar refractivity (Wildman–Crippen MR) is 306 cm³/mol. The summed E-state index contributed by atoms with van der Waals surface area (Å²) < 4.78 is 5.41. The Bertz CT molecular complexity index is 3380. The fourth-order valence-electron chi connectivity index (χ4n) is 8.96. The van der Waals surface area contributed by atoms with Crippen LogP contribution in [0.5, 0.6) is 0 Å². The molecule has 3 aromatic heterocycles. The van der Waals surface area contributed by atoms with Gasteiger partial charge in [-0.2, -0.15) is 0 Å². The maximum atomic E-state index is 12.1. The predicted octanol–water partition coefficient (Wildman–Crippen LogP) is 14.8. The Labute approximate surface area is 452 Å². The molecule has 0 saturated carbocycles. The van der Waals surface area contributed by atoms with E-state index in [9.17, 15) is 4.79 Å². The van der Waals surface area contributed by atoms with Crippen LogP contribution in [0, 0.1) is 24.2 Å². The zero-order valence-corrected chi connectivity index (χ0v) is 49.0. The van der Waals surface area contributed by atoms with Gasteiger partial charge in [0.1, 0.15) is 6.61 Å². The molecular weight excluding hydrogens is 960 g/mol. The summed E-state index contributed by atoms with van der Waals surface area (Å²) in [6.45, 7) is 36.0. The molecule has 2 aliphatic rings. The van der Waals surface area contributed by atoms with Gasteiger partial charge >= 0.3 is 25.4 Å². The van der Waals surface area contributed by atoms with Gasteiger partial charge in [0.15, 0.2) is 0 Å². The minimum Gasteiger partial charge on any atom is -0.656 e. The van der Waals surface area contributed by atoms with Crippen molar-refractivity contribution in [1.29, 1.82) is 0 Å². The topological polar surface area (TPSA) is 83.5 Å². The average Bonchev–Trinajstić information content (AvgIpc) is 4.18. The van der Waals surface area contributed by atoms with Gasteiger partial charge in [0, 0.05) is 34.5 Å². The number of hydrogen-bond acceptors (Lipinski definition) is 5. The van der Waals surface area contributed by atoms with E-state index in [2.05, 4.69) is 192 Å².